The number of aromatic nitrogens is 1. The van der Waals surface area contributed by atoms with Crippen molar-refractivity contribution in [1.29, 1.82) is 0 Å². The van der Waals surface area contributed by atoms with Crippen LogP contribution in [0.25, 0.3) is 0 Å². The molecule has 96 valence electrons. The lowest BCUT2D eigenvalue weighted by atomic mass is 10.2. The zero-order valence-corrected chi connectivity index (χ0v) is 13.4. The second-order valence-electron chi connectivity index (χ2n) is 4.20. The Labute approximate surface area is 125 Å². The average molecular weight is 346 g/mol. The number of rotatable bonds is 4. The van der Waals surface area contributed by atoms with Crippen molar-refractivity contribution in [3.05, 3.63) is 44.3 Å². The number of hydrogen-bond acceptors (Lipinski definition) is 3. The van der Waals surface area contributed by atoms with Gasteiger partial charge in [0.05, 0.1) is 9.67 Å². The maximum Gasteiger partial charge on any atom is 0.0701 e. The van der Waals surface area contributed by atoms with Crippen molar-refractivity contribution >= 4 is 44.6 Å². The Morgan fingerprint density at radius 2 is 2.22 bits per heavy atom. The smallest absolute Gasteiger partial charge is 0.0701 e. The van der Waals surface area contributed by atoms with Crippen molar-refractivity contribution in [2.45, 2.75) is 19.3 Å². The predicted molar refractivity (Wildman–Crippen MR) is 82.7 cm³/mol. The number of nitrogens with zero attached hydrogens (tertiary/aromatic N) is 2. The summed E-state index contributed by atoms with van der Waals surface area (Å²) >= 11 is 11.2. The molecule has 0 unspecified atom stereocenters. The Kier molecular flexibility index (Phi) is 4.65. The quantitative estimate of drug-likeness (QED) is 0.753. The van der Waals surface area contributed by atoms with Gasteiger partial charge in [-0.05, 0) is 45.9 Å². The summed E-state index contributed by atoms with van der Waals surface area (Å²) in [6, 6.07) is 4.23. The van der Waals surface area contributed by atoms with Gasteiger partial charge >= 0.3 is 0 Å². The molecule has 0 aliphatic carbocycles. The van der Waals surface area contributed by atoms with Gasteiger partial charge in [-0.1, -0.05) is 0 Å². The Bertz CT molecular complexity index is 542. The zero-order chi connectivity index (χ0) is 13.1. The first-order valence-corrected chi connectivity index (χ1v) is 7.76. The van der Waals surface area contributed by atoms with Gasteiger partial charge in [-0.15, -0.1) is 22.9 Å². The minimum atomic E-state index is 0.486. The minimum absolute atomic E-state index is 0.486. The van der Waals surface area contributed by atoms with Crippen LogP contribution in [0.4, 0.5) is 5.69 Å². The van der Waals surface area contributed by atoms with Gasteiger partial charge in [-0.2, -0.15) is 0 Å². The molecule has 0 atom stereocenters. The van der Waals surface area contributed by atoms with Crippen LogP contribution < -0.4 is 4.90 Å². The van der Waals surface area contributed by atoms with Crippen LogP contribution in [0.1, 0.15) is 16.8 Å². The van der Waals surface area contributed by atoms with E-state index in [9.17, 15) is 0 Å². The monoisotopic (exact) mass is 344 g/mol. The molecule has 0 radical (unpaired) electrons. The van der Waals surface area contributed by atoms with E-state index >= 15 is 0 Å². The van der Waals surface area contributed by atoms with Crippen LogP contribution in [0.3, 0.4) is 0 Å². The number of alkyl halides is 1. The van der Waals surface area contributed by atoms with Crippen molar-refractivity contribution < 1.29 is 0 Å². The third-order valence-electron chi connectivity index (χ3n) is 2.70. The number of halogens is 2. The molecule has 5 heteroatoms. The van der Waals surface area contributed by atoms with E-state index in [-0.39, 0.29) is 0 Å². The second-order valence-corrected chi connectivity index (χ2v) is 6.76. The molecular formula is C13H14BrClN2S. The van der Waals surface area contributed by atoms with Gasteiger partial charge in [0.25, 0.3) is 0 Å². The molecule has 0 amide bonds. The topological polar surface area (TPSA) is 16.1 Å². The largest absolute Gasteiger partial charge is 0.370 e. The van der Waals surface area contributed by atoms with Gasteiger partial charge in [0, 0.05) is 36.7 Å². The second kappa shape index (κ2) is 6.04. The molecule has 0 saturated heterocycles. The van der Waals surface area contributed by atoms with Gasteiger partial charge in [0.15, 0.2) is 0 Å². The number of aryl methyl sites for hydroxylation is 1. The van der Waals surface area contributed by atoms with Crippen molar-refractivity contribution in [3.8, 4) is 0 Å². The fourth-order valence-electron chi connectivity index (χ4n) is 1.82. The maximum atomic E-state index is 5.96. The van der Waals surface area contributed by atoms with Gasteiger partial charge in [0.2, 0.25) is 0 Å². The van der Waals surface area contributed by atoms with E-state index in [4.69, 9.17) is 11.6 Å². The summed E-state index contributed by atoms with van der Waals surface area (Å²) in [6.45, 7) is 2.87. The Morgan fingerprint density at radius 1 is 1.44 bits per heavy atom. The number of pyridine rings is 1. The Morgan fingerprint density at radius 3 is 2.83 bits per heavy atom. The summed E-state index contributed by atoms with van der Waals surface area (Å²) in [6.07, 6.45) is 1.86. The molecule has 2 rings (SSSR count). The van der Waals surface area contributed by atoms with Gasteiger partial charge in [0.1, 0.15) is 0 Å². The number of anilines is 1. The van der Waals surface area contributed by atoms with Crippen molar-refractivity contribution in [2.24, 2.45) is 0 Å². The summed E-state index contributed by atoms with van der Waals surface area (Å²) < 4.78 is 1.16. The molecule has 0 fully saturated rings. The molecule has 0 saturated carbocycles. The van der Waals surface area contributed by atoms with Crippen LogP contribution in [0.2, 0.25) is 0 Å². The maximum absolute atomic E-state index is 5.96. The molecule has 0 aromatic carbocycles. The number of hydrogen-bond donors (Lipinski definition) is 0. The summed E-state index contributed by atoms with van der Waals surface area (Å²) in [4.78, 5) is 6.50. The molecular weight excluding hydrogens is 332 g/mol. The standard InChI is InChI=1S/C13H14BrClN2S/c1-9-3-12(11(5-15)6-16-9)17(2)7-10-4-13(14)18-8-10/h3-4,6,8H,5,7H2,1-2H3. The Balaban J connectivity index is 2.22. The highest BCUT2D eigenvalue weighted by Gasteiger charge is 2.09. The lowest BCUT2D eigenvalue weighted by Crippen LogP contribution is -2.17. The van der Waals surface area contributed by atoms with Crippen LogP contribution in [0, 0.1) is 6.92 Å². The molecule has 2 aromatic rings. The van der Waals surface area contributed by atoms with Gasteiger partial charge in [-0.25, -0.2) is 0 Å². The minimum Gasteiger partial charge on any atom is -0.370 e. The van der Waals surface area contributed by atoms with Crippen LogP contribution in [0.15, 0.2) is 27.5 Å². The van der Waals surface area contributed by atoms with E-state index in [1.54, 1.807) is 11.3 Å². The van der Waals surface area contributed by atoms with Gasteiger partial charge < -0.3 is 4.90 Å². The lowest BCUT2D eigenvalue weighted by Gasteiger charge is -2.21. The summed E-state index contributed by atoms with van der Waals surface area (Å²) in [5, 5.41) is 2.16. The first kappa shape index (κ1) is 13.8. The third-order valence-corrected chi connectivity index (χ3v) is 4.54. The first-order chi connectivity index (χ1) is 8.60. The highest BCUT2D eigenvalue weighted by Crippen LogP contribution is 2.26. The number of thiophene rings is 1. The molecule has 2 nitrogen and oxygen atoms in total. The third kappa shape index (κ3) is 3.25. The summed E-state index contributed by atoms with van der Waals surface area (Å²) in [7, 11) is 2.08. The van der Waals surface area contributed by atoms with Crippen molar-refractivity contribution in [1.82, 2.24) is 4.98 Å². The molecule has 0 aliphatic rings. The SMILES string of the molecule is Cc1cc(N(C)Cc2csc(Br)c2)c(CCl)cn1. The van der Waals surface area contributed by atoms with E-state index in [0.29, 0.717) is 5.88 Å². The van der Waals surface area contributed by atoms with E-state index < -0.39 is 0 Å². The molecule has 0 N–H and O–H groups in total. The highest BCUT2D eigenvalue weighted by atomic mass is 79.9. The van der Waals surface area contributed by atoms with E-state index in [1.165, 1.54) is 5.56 Å². The predicted octanol–water partition coefficient (Wildman–Crippen LogP) is 4.59. The fraction of sp³-hybridized carbons (Fsp3) is 0.308. The average Bonchev–Trinajstić information content (AvgIpc) is 2.74. The summed E-state index contributed by atoms with van der Waals surface area (Å²) in [5.74, 6) is 0.486. The highest BCUT2D eigenvalue weighted by molar-refractivity contribution is 9.11. The normalized spacial score (nSPS) is 10.7. The molecule has 0 spiro atoms. The molecule has 2 aromatic heterocycles. The van der Waals surface area contributed by atoms with Crippen LogP contribution in [-0.2, 0) is 12.4 Å². The van der Waals surface area contributed by atoms with Crippen molar-refractivity contribution in [2.75, 3.05) is 11.9 Å². The first-order valence-electron chi connectivity index (χ1n) is 5.55. The summed E-state index contributed by atoms with van der Waals surface area (Å²) in [5.41, 5.74) is 4.53. The van der Waals surface area contributed by atoms with E-state index in [1.807, 2.05) is 13.1 Å². The molecule has 18 heavy (non-hydrogen) atoms. The van der Waals surface area contributed by atoms with Crippen LogP contribution >= 0.6 is 38.9 Å². The molecule has 0 aliphatic heterocycles. The zero-order valence-electron chi connectivity index (χ0n) is 10.3. The van der Waals surface area contributed by atoms with E-state index in [0.717, 1.165) is 27.3 Å². The van der Waals surface area contributed by atoms with Crippen LogP contribution in [-0.4, -0.2) is 12.0 Å². The Hall–Kier alpha value is -0.580. The van der Waals surface area contributed by atoms with E-state index in [2.05, 4.69) is 50.4 Å². The van der Waals surface area contributed by atoms with Gasteiger partial charge in [-0.3, -0.25) is 4.98 Å². The lowest BCUT2D eigenvalue weighted by molar-refractivity contribution is 0.913. The molecule has 2 heterocycles. The fourth-order valence-corrected chi connectivity index (χ4v) is 3.23. The molecule has 0 bridgehead atoms. The van der Waals surface area contributed by atoms with Crippen LogP contribution in [0.5, 0.6) is 0 Å². The van der Waals surface area contributed by atoms with Crippen molar-refractivity contribution in [3.63, 3.8) is 0 Å².